The van der Waals surface area contributed by atoms with E-state index in [1.165, 1.54) is 17.7 Å². The largest absolute Gasteiger partial charge is 0.497 e. The van der Waals surface area contributed by atoms with Gasteiger partial charge in [-0.1, -0.05) is 30.3 Å². The summed E-state index contributed by atoms with van der Waals surface area (Å²) in [5, 5.41) is 3.27. The average Bonchev–Trinajstić information content (AvgIpc) is 2.70. The van der Waals surface area contributed by atoms with Crippen molar-refractivity contribution in [1.29, 1.82) is 0 Å². The Kier molecular flexibility index (Phi) is 5.93. The molecule has 0 bridgehead atoms. The van der Waals surface area contributed by atoms with Gasteiger partial charge in [-0.25, -0.2) is 13.4 Å². The highest BCUT2D eigenvalue weighted by Gasteiger charge is 2.13. The molecule has 0 aliphatic heterocycles. The van der Waals surface area contributed by atoms with E-state index in [1.54, 1.807) is 43.6 Å². The molecule has 0 radical (unpaired) electrons. The van der Waals surface area contributed by atoms with Crippen LogP contribution in [-0.2, 0) is 16.4 Å². The van der Waals surface area contributed by atoms with Gasteiger partial charge >= 0.3 is 0 Å². The number of hydrogen-bond acceptors (Lipinski definition) is 5. The van der Waals surface area contributed by atoms with Crippen LogP contribution in [0, 0.1) is 0 Å². The van der Waals surface area contributed by atoms with Crippen molar-refractivity contribution in [3.05, 3.63) is 78.5 Å². The first kappa shape index (κ1) is 18.7. The lowest BCUT2D eigenvalue weighted by atomic mass is 10.1. The maximum atomic E-state index is 12.3. The van der Waals surface area contributed by atoms with Gasteiger partial charge in [-0.3, -0.25) is 4.72 Å². The summed E-state index contributed by atoms with van der Waals surface area (Å²) < 4.78 is 32.3. The monoisotopic (exact) mass is 383 g/mol. The van der Waals surface area contributed by atoms with E-state index >= 15 is 0 Å². The minimum atomic E-state index is -3.63. The molecule has 0 saturated carbocycles. The summed E-state index contributed by atoms with van der Waals surface area (Å²) in [5.74, 6) is 1.11. The van der Waals surface area contributed by atoms with Crippen LogP contribution in [0.15, 0.2) is 77.8 Å². The molecule has 1 aromatic heterocycles. The molecule has 0 unspecified atom stereocenters. The summed E-state index contributed by atoms with van der Waals surface area (Å²) in [5.41, 5.74) is 1.99. The summed E-state index contributed by atoms with van der Waals surface area (Å²) in [6.45, 7) is 0.726. The number of anilines is 2. The Balaban J connectivity index is 1.56. The van der Waals surface area contributed by atoms with E-state index < -0.39 is 10.0 Å². The molecule has 0 amide bonds. The molecule has 0 aliphatic rings. The smallest absolute Gasteiger partial charge is 0.263 e. The van der Waals surface area contributed by atoms with E-state index in [-0.39, 0.29) is 10.7 Å². The molecule has 0 atom stereocenters. The minimum absolute atomic E-state index is 0.201. The summed E-state index contributed by atoms with van der Waals surface area (Å²) in [4.78, 5) is 4.37. The van der Waals surface area contributed by atoms with E-state index in [1.807, 2.05) is 24.3 Å². The van der Waals surface area contributed by atoms with Gasteiger partial charge in [0.2, 0.25) is 0 Å². The molecule has 6 nitrogen and oxygen atoms in total. The number of nitrogens with zero attached hydrogens (tertiary/aromatic N) is 1. The number of rotatable bonds is 8. The highest BCUT2D eigenvalue weighted by Crippen LogP contribution is 2.16. The molecule has 3 rings (SSSR count). The predicted molar refractivity (Wildman–Crippen MR) is 107 cm³/mol. The molecule has 1 heterocycles. The van der Waals surface area contributed by atoms with Gasteiger partial charge in [0.15, 0.2) is 0 Å². The summed E-state index contributed by atoms with van der Waals surface area (Å²) >= 11 is 0. The summed E-state index contributed by atoms with van der Waals surface area (Å²) in [6, 6.07) is 19.5. The summed E-state index contributed by atoms with van der Waals surface area (Å²) in [6.07, 6.45) is 2.44. The second-order valence-electron chi connectivity index (χ2n) is 5.88. The number of nitrogens with one attached hydrogen (secondary N) is 2. The Labute approximate surface area is 159 Å². The van der Waals surface area contributed by atoms with Gasteiger partial charge in [0.1, 0.15) is 11.6 Å². The van der Waals surface area contributed by atoms with E-state index in [2.05, 4.69) is 15.0 Å². The fourth-order valence-corrected chi connectivity index (χ4v) is 3.56. The van der Waals surface area contributed by atoms with Gasteiger partial charge in [-0.05, 0) is 48.4 Å². The van der Waals surface area contributed by atoms with Crippen molar-refractivity contribution < 1.29 is 13.2 Å². The molecule has 140 valence electrons. The van der Waals surface area contributed by atoms with Gasteiger partial charge in [0.05, 0.1) is 23.9 Å². The molecule has 0 spiro atoms. The molecule has 0 saturated heterocycles. The topological polar surface area (TPSA) is 80.3 Å². The zero-order chi connectivity index (χ0) is 19.1. The quantitative estimate of drug-likeness (QED) is 0.622. The maximum Gasteiger partial charge on any atom is 0.263 e. The molecule has 2 aromatic carbocycles. The third kappa shape index (κ3) is 5.21. The Morgan fingerprint density at radius 2 is 1.81 bits per heavy atom. The van der Waals surface area contributed by atoms with Crippen LogP contribution in [0.5, 0.6) is 5.75 Å². The van der Waals surface area contributed by atoms with Crippen molar-refractivity contribution in [3.8, 4) is 5.75 Å². The zero-order valence-corrected chi connectivity index (χ0v) is 15.7. The SMILES string of the molecule is COc1cccc(CCNc2ccc(NS(=O)(=O)c3ccccc3)nc2)c1. The van der Waals surface area contributed by atoms with Crippen LogP contribution in [-0.4, -0.2) is 27.1 Å². The normalized spacial score (nSPS) is 11.0. The van der Waals surface area contributed by atoms with Crippen LogP contribution in [0.2, 0.25) is 0 Å². The zero-order valence-electron chi connectivity index (χ0n) is 14.9. The number of hydrogen-bond donors (Lipinski definition) is 2. The van der Waals surface area contributed by atoms with Crippen LogP contribution in [0.1, 0.15) is 5.56 Å². The average molecular weight is 383 g/mol. The van der Waals surface area contributed by atoms with Gasteiger partial charge in [-0.2, -0.15) is 0 Å². The molecule has 0 aliphatic carbocycles. The lowest BCUT2D eigenvalue weighted by Crippen LogP contribution is -2.14. The molecular weight excluding hydrogens is 362 g/mol. The second kappa shape index (κ2) is 8.55. The third-order valence-electron chi connectivity index (χ3n) is 3.93. The Hall–Kier alpha value is -3.06. The van der Waals surface area contributed by atoms with Gasteiger partial charge in [0, 0.05) is 6.54 Å². The fraction of sp³-hybridized carbons (Fsp3) is 0.150. The predicted octanol–water partition coefficient (Wildman–Crippen LogP) is 3.55. The Bertz CT molecular complexity index is 975. The van der Waals surface area contributed by atoms with E-state index in [0.29, 0.717) is 0 Å². The van der Waals surface area contributed by atoms with Crippen LogP contribution >= 0.6 is 0 Å². The molecule has 3 aromatic rings. The highest BCUT2D eigenvalue weighted by atomic mass is 32.2. The van der Waals surface area contributed by atoms with Crippen LogP contribution in [0.4, 0.5) is 11.5 Å². The molecule has 27 heavy (non-hydrogen) atoms. The van der Waals surface area contributed by atoms with Crippen LogP contribution in [0.3, 0.4) is 0 Å². The van der Waals surface area contributed by atoms with E-state index in [4.69, 9.17) is 4.74 Å². The van der Waals surface area contributed by atoms with Crippen molar-refractivity contribution in [1.82, 2.24) is 4.98 Å². The lowest BCUT2D eigenvalue weighted by molar-refractivity contribution is 0.414. The van der Waals surface area contributed by atoms with E-state index in [9.17, 15) is 8.42 Å². The fourth-order valence-electron chi connectivity index (χ4n) is 2.53. The van der Waals surface area contributed by atoms with Crippen molar-refractivity contribution in [2.45, 2.75) is 11.3 Å². The van der Waals surface area contributed by atoms with Crippen LogP contribution < -0.4 is 14.8 Å². The molecular formula is C20H21N3O3S. The first-order chi connectivity index (χ1) is 13.1. The summed E-state index contributed by atoms with van der Waals surface area (Å²) in [7, 11) is -1.98. The van der Waals surface area contributed by atoms with Gasteiger partial charge in [0.25, 0.3) is 10.0 Å². The van der Waals surface area contributed by atoms with Gasteiger partial charge in [-0.15, -0.1) is 0 Å². The van der Waals surface area contributed by atoms with Gasteiger partial charge < -0.3 is 10.1 Å². The molecule has 7 heteroatoms. The Morgan fingerprint density at radius 3 is 2.52 bits per heavy atom. The lowest BCUT2D eigenvalue weighted by Gasteiger charge is -2.10. The number of aromatic nitrogens is 1. The number of sulfonamides is 1. The standard InChI is InChI=1S/C20H21N3O3S/c1-26-18-7-5-6-16(14-18)12-13-21-17-10-11-20(22-15-17)23-27(24,25)19-8-3-2-4-9-19/h2-11,14-15,21H,12-13H2,1H3,(H,22,23). The number of ether oxygens (including phenoxy) is 1. The van der Waals surface area contributed by atoms with Crippen LogP contribution in [0.25, 0.3) is 0 Å². The van der Waals surface area contributed by atoms with E-state index in [0.717, 1.165) is 24.4 Å². The first-order valence-corrected chi connectivity index (χ1v) is 9.96. The van der Waals surface area contributed by atoms with Crippen molar-refractivity contribution in [2.24, 2.45) is 0 Å². The minimum Gasteiger partial charge on any atom is -0.497 e. The van der Waals surface area contributed by atoms with Crippen molar-refractivity contribution in [3.63, 3.8) is 0 Å². The second-order valence-corrected chi connectivity index (χ2v) is 7.56. The highest BCUT2D eigenvalue weighted by molar-refractivity contribution is 7.92. The number of methoxy groups -OCH3 is 1. The number of pyridine rings is 1. The third-order valence-corrected chi connectivity index (χ3v) is 5.30. The van der Waals surface area contributed by atoms with Crippen molar-refractivity contribution in [2.75, 3.05) is 23.7 Å². The molecule has 0 fully saturated rings. The van der Waals surface area contributed by atoms with Crippen molar-refractivity contribution >= 4 is 21.5 Å². The maximum absolute atomic E-state index is 12.3. The molecule has 2 N–H and O–H groups in total. The Morgan fingerprint density at radius 1 is 1.00 bits per heavy atom. The number of benzene rings is 2. The first-order valence-electron chi connectivity index (χ1n) is 8.47.